The summed E-state index contributed by atoms with van der Waals surface area (Å²) in [6.45, 7) is 3.36. The Labute approximate surface area is 218 Å². The molecule has 9 heteroatoms. The summed E-state index contributed by atoms with van der Waals surface area (Å²) >= 11 is 0. The van der Waals surface area contributed by atoms with E-state index in [1.54, 1.807) is 36.4 Å². The van der Waals surface area contributed by atoms with Gasteiger partial charge < -0.3 is 18.9 Å². The van der Waals surface area contributed by atoms with Crippen molar-refractivity contribution in [3.8, 4) is 22.6 Å². The molecule has 2 atom stereocenters. The van der Waals surface area contributed by atoms with Gasteiger partial charge in [0.2, 0.25) is 0 Å². The van der Waals surface area contributed by atoms with E-state index in [9.17, 15) is 18.0 Å². The molecular formula is C29H28F4O5. The molecule has 38 heavy (non-hydrogen) atoms. The molecule has 1 saturated heterocycles. The maximum absolute atomic E-state index is 15.2. The topological polar surface area (TPSA) is 54.0 Å². The van der Waals surface area contributed by atoms with Crippen LogP contribution in [0.15, 0.2) is 60.7 Å². The quantitative estimate of drug-likeness (QED) is 0.174. The summed E-state index contributed by atoms with van der Waals surface area (Å²) in [5, 5.41) is 0. The van der Waals surface area contributed by atoms with Crippen LogP contribution in [0.5, 0.6) is 11.5 Å². The number of alkyl halides is 3. The average molecular weight is 533 g/mol. The zero-order valence-corrected chi connectivity index (χ0v) is 21.0. The molecule has 202 valence electrons. The smallest absolute Gasteiger partial charge is 0.419 e. The predicted octanol–water partition coefficient (Wildman–Crippen LogP) is 7.27. The first-order chi connectivity index (χ1) is 18.2. The minimum Gasteiger partial charge on any atom is -0.494 e. The molecule has 4 rings (SSSR count). The molecule has 1 aliphatic heterocycles. The molecular weight excluding hydrogens is 504 g/mol. The number of hydrogen-bond donors (Lipinski definition) is 0. The molecule has 3 aromatic carbocycles. The van der Waals surface area contributed by atoms with Crippen molar-refractivity contribution in [2.45, 2.75) is 51.7 Å². The Kier molecular flexibility index (Phi) is 8.69. The summed E-state index contributed by atoms with van der Waals surface area (Å²) in [6.07, 6.45) is -4.38. The van der Waals surface area contributed by atoms with E-state index in [1.165, 1.54) is 31.2 Å². The van der Waals surface area contributed by atoms with Crippen molar-refractivity contribution in [1.82, 2.24) is 0 Å². The second-order valence-corrected chi connectivity index (χ2v) is 8.91. The maximum Gasteiger partial charge on any atom is 0.419 e. The zero-order valence-electron chi connectivity index (χ0n) is 21.0. The van der Waals surface area contributed by atoms with Gasteiger partial charge in [-0.1, -0.05) is 36.4 Å². The van der Waals surface area contributed by atoms with Gasteiger partial charge in [0.05, 0.1) is 37.6 Å². The molecule has 0 bridgehead atoms. The molecule has 0 saturated carbocycles. The Hall–Kier alpha value is -3.43. The van der Waals surface area contributed by atoms with Gasteiger partial charge in [0.1, 0.15) is 17.3 Å². The Morgan fingerprint density at radius 1 is 0.974 bits per heavy atom. The number of esters is 1. The van der Waals surface area contributed by atoms with Gasteiger partial charge in [-0.05, 0) is 60.7 Å². The van der Waals surface area contributed by atoms with E-state index in [4.69, 9.17) is 18.9 Å². The van der Waals surface area contributed by atoms with Crippen LogP contribution >= 0.6 is 0 Å². The molecule has 0 aliphatic carbocycles. The van der Waals surface area contributed by atoms with Gasteiger partial charge in [-0.15, -0.1) is 0 Å². The summed E-state index contributed by atoms with van der Waals surface area (Å²) in [6, 6.07) is 15.8. The highest BCUT2D eigenvalue weighted by atomic mass is 19.4. The molecule has 3 aromatic rings. The zero-order chi connectivity index (χ0) is 27.3. The van der Waals surface area contributed by atoms with Gasteiger partial charge in [0.15, 0.2) is 0 Å². The third-order valence-electron chi connectivity index (χ3n) is 6.21. The number of benzene rings is 3. The largest absolute Gasteiger partial charge is 0.494 e. The Balaban J connectivity index is 1.41. The van der Waals surface area contributed by atoms with Crippen molar-refractivity contribution in [2.24, 2.45) is 0 Å². The second kappa shape index (κ2) is 12.0. The average Bonchev–Trinajstić information content (AvgIpc) is 2.88. The molecule has 2 unspecified atom stereocenters. The van der Waals surface area contributed by atoms with E-state index in [0.717, 1.165) is 5.56 Å². The van der Waals surface area contributed by atoms with Crippen LogP contribution in [-0.2, 0) is 27.1 Å². The molecule has 0 N–H and O–H groups in total. The Bertz CT molecular complexity index is 1230. The fourth-order valence-corrected chi connectivity index (χ4v) is 4.41. The predicted molar refractivity (Wildman–Crippen MR) is 132 cm³/mol. The third kappa shape index (κ3) is 6.71. The lowest BCUT2D eigenvalue weighted by Crippen LogP contribution is -2.28. The van der Waals surface area contributed by atoms with Crippen molar-refractivity contribution >= 4 is 5.97 Å². The number of ether oxygens (including phenoxy) is 4. The first-order valence-corrected chi connectivity index (χ1v) is 12.3. The number of carbonyl (C=O) groups is 1. The number of halogens is 4. The van der Waals surface area contributed by atoms with Crippen molar-refractivity contribution < 1.29 is 41.3 Å². The number of rotatable bonds is 8. The fraction of sp³-hybridized carbons (Fsp3) is 0.345. The van der Waals surface area contributed by atoms with E-state index in [1.807, 2.05) is 6.92 Å². The van der Waals surface area contributed by atoms with E-state index < -0.39 is 36.2 Å². The number of hydrogen-bond acceptors (Lipinski definition) is 5. The van der Waals surface area contributed by atoms with Crippen LogP contribution in [-0.4, -0.2) is 25.3 Å². The van der Waals surface area contributed by atoms with Crippen molar-refractivity contribution in [3.05, 3.63) is 83.2 Å². The van der Waals surface area contributed by atoms with E-state index in [-0.39, 0.29) is 23.8 Å². The van der Waals surface area contributed by atoms with Crippen molar-refractivity contribution in [3.63, 3.8) is 0 Å². The molecule has 1 fully saturated rings. The fourth-order valence-electron chi connectivity index (χ4n) is 4.41. The Morgan fingerprint density at radius 2 is 1.66 bits per heavy atom. The third-order valence-corrected chi connectivity index (χ3v) is 6.21. The molecule has 0 spiro atoms. The lowest BCUT2D eigenvalue weighted by atomic mass is 9.97. The van der Waals surface area contributed by atoms with Gasteiger partial charge in [-0.3, -0.25) is 4.79 Å². The van der Waals surface area contributed by atoms with Gasteiger partial charge in [0.25, 0.3) is 0 Å². The van der Waals surface area contributed by atoms with E-state index in [2.05, 4.69) is 0 Å². The highest BCUT2D eigenvalue weighted by molar-refractivity contribution is 5.69. The van der Waals surface area contributed by atoms with E-state index in [0.29, 0.717) is 36.5 Å². The first kappa shape index (κ1) is 27.6. The first-order valence-electron chi connectivity index (χ1n) is 12.3. The van der Waals surface area contributed by atoms with Crippen molar-refractivity contribution in [2.75, 3.05) is 13.2 Å². The van der Waals surface area contributed by atoms with Gasteiger partial charge >= 0.3 is 12.1 Å². The minimum absolute atomic E-state index is 0.146. The Morgan fingerprint density at radius 3 is 2.24 bits per heavy atom. The standard InChI is InChI=1S/C29H28F4O5/c1-3-35-22-9-4-19(5-10-22)25-14-8-21(27(28(25)30)29(31,32)33)16-36-24-13-15-26(37-17-24)20-6-11-23(12-7-20)38-18(2)34/h4-12,14,24,26H,3,13,15-17H2,1-2H3. The van der Waals surface area contributed by atoms with Gasteiger partial charge in [0, 0.05) is 12.5 Å². The summed E-state index contributed by atoms with van der Waals surface area (Å²) in [5.74, 6) is -0.765. The lowest BCUT2D eigenvalue weighted by molar-refractivity contribution is -0.142. The highest BCUT2D eigenvalue weighted by Gasteiger charge is 2.38. The molecule has 1 heterocycles. The summed E-state index contributed by atoms with van der Waals surface area (Å²) in [4.78, 5) is 11.1. The SMILES string of the molecule is CCOc1ccc(-c2ccc(COC3CCC(c4ccc(OC(C)=O)cc4)OC3)c(C(F)(F)F)c2F)cc1. The van der Waals surface area contributed by atoms with Crippen LogP contribution in [0.25, 0.3) is 11.1 Å². The van der Waals surface area contributed by atoms with Crippen LogP contribution < -0.4 is 9.47 Å². The van der Waals surface area contributed by atoms with Gasteiger partial charge in [-0.25, -0.2) is 4.39 Å². The highest BCUT2D eigenvalue weighted by Crippen LogP contribution is 2.39. The van der Waals surface area contributed by atoms with E-state index >= 15 is 4.39 Å². The van der Waals surface area contributed by atoms with Crippen LogP contribution in [0, 0.1) is 5.82 Å². The number of carbonyl (C=O) groups excluding carboxylic acids is 1. The van der Waals surface area contributed by atoms with Crippen LogP contribution in [0.2, 0.25) is 0 Å². The monoisotopic (exact) mass is 532 g/mol. The van der Waals surface area contributed by atoms with Gasteiger partial charge in [-0.2, -0.15) is 13.2 Å². The normalized spacial score (nSPS) is 17.7. The van der Waals surface area contributed by atoms with Crippen LogP contribution in [0.3, 0.4) is 0 Å². The molecule has 0 amide bonds. The second-order valence-electron chi connectivity index (χ2n) is 8.91. The molecule has 0 radical (unpaired) electrons. The van der Waals surface area contributed by atoms with Crippen LogP contribution in [0.4, 0.5) is 17.6 Å². The summed E-state index contributed by atoms with van der Waals surface area (Å²) in [7, 11) is 0. The minimum atomic E-state index is -4.89. The maximum atomic E-state index is 15.2. The molecule has 1 aliphatic rings. The van der Waals surface area contributed by atoms with Crippen molar-refractivity contribution in [1.29, 1.82) is 0 Å². The summed E-state index contributed by atoms with van der Waals surface area (Å²) < 4.78 is 78.9. The summed E-state index contributed by atoms with van der Waals surface area (Å²) in [5.41, 5.74) is -0.533. The van der Waals surface area contributed by atoms with Crippen LogP contribution in [0.1, 0.15) is 49.5 Å². The molecule has 5 nitrogen and oxygen atoms in total. The molecule has 0 aromatic heterocycles. The lowest BCUT2D eigenvalue weighted by Gasteiger charge is -2.29.